The zero-order valence-corrected chi connectivity index (χ0v) is 12.1. The van der Waals surface area contributed by atoms with Gasteiger partial charge in [-0.2, -0.15) is 0 Å². The Balaban J connectivity index is 1.87. The van der Waals surface area contributed by atoms with Crippen molar-refractivity contribution in [2.75, 3.05) is 39.5 Å². The van der Waals surface area contributed by atoms with E-state index >= 15 is 0 Å². The number of carbonyl (C=O) groups is 1. The third kappa shape index (κ3) is 4.44. The van der Waals surface area contributed by atoms with Crippen LogP contribution in [-0.2, 0) is 14.3 Å². The van der Waals surface area contributed by atoms with Crippen LogP contribution in [0.2, 0.25) is 0 Å². The molecule has 2 aliphatic heterocycles. The van der Waals surface area contributed by atoms with Gasteiger partial charge in [-0.25, -0.2) is 0 Å². The second-order valence-electron chi connectivity index (χ2n) is 5.88. The molecular weight excluding hydrogens is 244 g/mol. The maximum atomic E-state index is 12.4. The third-order valence-electron chi connectivity index (χ3n) is 3.71. The highest BCUT2D eigenvalue weighted by Crippen LogP contribution is 2.17. The first-order valence-electron chi connectivity index (χ1n) is 7.35. The van der Waals surface area contributed by atoms with Crippen LogP contribution in [0.25, 0.3) is 0 Å². The number of hydrogen-bond acceptors (Lipinski definition) is 4. The SMILES string of the molecule is CC(C)CC1COCCN1C(=O)CC1COCCN1. The Morgan fingerprint density at radius 3 is 2.79 bits per heavy atom. The summed E-state index contributed by atoms with van der Waals surface area (Å²) in [6, 6.07) is 0.412. The summed E-state index contributed by atoms with van der Waals surface area (Å²) in [7, 11) is 0. The van der Waals surface area contributed by atoms with E-state index in [1.807, 2.05) is 4.90 Å². The number of nitrogens with zero attached hydrogens (tertiary/aromatic N) is 1. The molecule has 0 aromatic heterocycles. The minimum atomic E-state index is 0.170. The van der Waals surface area contributed by atoms with Crippen molar-refractivity contribution >= 4 is 5.91 Å². The zero-order chi connectivity index (χ0) is 13.7. The average molecular weight is 270 g/mol. The number of ether oxygens (including phenoxy) is 2. The van der Waals surface area contributed by atoms with Crippen molar-refractivity contribution in [1.82, 2.24) is 10.2 Å². The van der Waals surface area contributed by atoms with Gasteiger partial charge in [0.25, 0.3) is 0 Å². The quantitative estimate of drug-likeness (QED) is 0.814. The van der Waals surface area contributed by atoms with Crippen LogP contribution in [0.1, 0.15) is 26.7 Å². The normalized spacial score (nSPS) is 28.7. The van der Waals surface area contributed by atoms with Gasteiger partial charge in [0, 0.05) is 25.6 Å². The number of amides is 1. The topological polar surface area (TPSA) is 50.8 Å². The van der Waals surface area contributed by atoms with Gasteiger partial charge in [0.15, 0.2) is 0 Å². The number of nitrogens with one attached hydrogen (secondary N) is 1. The van der Waals surface area contributed by atoms with Gasteiger partial charge in [0.2, 0.25) is 5.91 Å². The molecule has 5 nitrogen and oxygen atoms in total. The molecule has 1 amide bonds. The zero-order valence-electron chi connectivity index (χ0n) is 12.1. The Morgan fingerprint density at radius 1 is 1.32 bits per heavy atom. The van der Waals surface area contributed by atoms with Gasteiger partial charge in [-0.3, -0.25) is 4.79 Å². The predicted octanol–water partition coefficient (Wildman–Crippen LogP) is 0.638. The van der Waals surface area contributed by atoms with Gasteiger partial charge >= 0.3 is 0 Å². The number of morpholine rings is 2. The molecule has 0 bridgehead atoms. The lowest BCUT2D eigenvalue weighted by Gasteiger charge is -2.37. The highest BCUT2D eigenvalue weighted by atomic mass is 16.5. The minimum absolute atomic E-state index is 0.170. The smallest absolute Gasteiger partial charge is 0.224 e. The Kier molecular flexibility index (Phi) is 5.60. The second kappa shape index (κ2) is 7.22. The fourth-order valence-corrected chi connectivity index (χ4v) is 2.80. The Bertz CT molecular complexity index is 290. The molecule has 5 heteroatoms. The molecule has 0 spiro atoms. The van der Waals surface area contributed by atoms with Crippen molar-refractivity contribution in [3.63, 3.8) is 0 Å². The summed E-state index contributed by atoms with van der Waals surface area (Å²) in [5, 5.41) is 3.34. The molecule has 0 aliphatic carbocycles. The molecule has 0 saturated carbocycles. The first kappa shape index (κ1) is 14.8. The van der Waals surface area contributed by atoms with E-state index in [2.05, 4.69) is 19.2 Å². The lowest BCUT2D eigenvalue weighted by atomic mass is 10.0. The molecule has 2 unspecified atom stereocenters. The summed E-state index contributed by atoms with van der Waals surface area (Å²) in [5.41, 5.74) is 0. The van der Waals surface area contributed by atoms with Crippen LogP contribution in [0.4, 0.5) is 0 Å². The summed E-state index contributed by atoms with van der Waals surface area (Å²) in [6.07, 6.45) is 1.55. The minimum Gasteiger partial charge on any atom is -0.378 e. The molecule has 1 N–H and O–H groups in total. The van der Waals surface area contributed by atoms with Crippen molar-refractivity contribution in [3.05, 3.63) is 0 Å². The van der Waals surface area contributed by atoms with Crippen LogP contribution in [-0.4, -0.2) is 62.4 Å². The summed E-state index contributed by atoms with van der Waals surface area (Å²) in [5.74, 6) is 0.815. The van der Waals surface area contributed by atoms with Crippen LogP contribution in [0.3, 0.4) is 0 Å². The molecule has 2 aliphatic rings. The summed E-state index contributed by atoms with van der Waals surface area (Å²) in [4.78, 5) is 14.4. The first-order valence-corrected chi connectivity index (χ1v) is 7.35. The molecule has 0 aromatic rings. The summed E-state index contributed by atoms with van der Waals surface area (Å²) in [6.45, 7) is 8.68. The summed E-state index contributed by atoms with van der Waals surface area (Å²) >= 11 is 0. The lowest BCUT2D eigenvalue weighted by Crippen LogP contribution is -2.52. The maximum absolute atomic E-state index is 12.4. The molecular formula is C14H26N2O3. The van der Waals surface area contributed by atoms with Gasteiger partial charge in [-0.15, -0.1) is 0 Å². The Hall–Kier alpha value is -0.650. The van der Waals surface area contributed by atoms with E-state index in [4.69, 9.17) is 9.47 Å². The Morgan fingerprint density at radius 2 is 2.11 bits per heavy atom. The molecule has 2 fully saturated rings. The molecule has 0 aromatic carbocycles. The van der Waals surface area contributed by atoms with Crippen molar-refractivity contribution in [1.29, 1.82) is 0 Å². The van der Waals surface area contributed by atoms with Gasteiger partial charge in [0.1, 0.15) is 0 Å². The maximum Gasteiger partial charge on any atom is 0.224 e. The van der Waals surface area contributed by atoms with Crippen molar-refractivity contribution in [2.24, 2.45) is 5.92 Å². The molecule has 2 atom stereocenters. The van der Waals surface area contributed by atoms with E-state index in [0.717, 1.165) is 26.1 Å². The highest BCUT2D eigenvalue weighted by Gasteiger charge is 2.29. The summed E-state index contributed by atoms with van der Waals surface area (Å²) < 4.78 is 10.9. The van der Waals surface area contributed by atoms with E-state index in [1.54, 1.807) is 0 Å². The van der Waals surface area contributed by atoms with Crippen molar-refractivity contribution in [2.45, 2.75) is 38.8 Å². The highest BCUT2D eigenvalue weighted by molar-refractivity contribution is 5.77. The third-order valence-corrected chi connectivity index (χ3v) is 3.71. The molecule has 19 heavy (non-hydrogen) atoms. The van der Waals surface area contributed by atoms with E-state index < -0.39 is 0 Å². The second-order valence-corrected chi connectivity index (χ2v) is 5.88. The molecule has 2 saturated heterocycles. The Labute approximate surface area is 115 Å². The average Bonchev–Trinajstić information content (AvgIpc) is 2.39. The van der Waals surface area contributed by atoms with Crippen LogP contribution in [0.5, 0.6) is 0 Å². The fourth-order valence-electron chi connectivity index (χ4n) is 2.80. The van der Waals surface area contributed by atoms with E-state index in [1.165, 1.54) is 0 Å². The van der Waals surface area contributed by atoms with Crippen molar-refractivity contribution in [3.8, 4) is 0 Å². The van der Waals surface area contributed by atoms with Gasteiger partial charge in [-0.05, 0) is 12.3 Å². The van der Waals surface area contributed by atoms with E-state index in [0.29, 0.717) is 32.2 Å². The van der Waals surface area contributed by atoms with Crippen LogP contribution >= 0.6 is 0 Å². The molecule has 0 radical (unpaired) electrons. The molecule has 110 valence electrons. The van der Waals surface area contributed by atoms with E-state index in [9.17, 15) is 4.79 Å². The number of hydrogen-bond donors (Lipinski definition) is 1. The molecule has 2 heterocycles. The van der Waals surface area contributed by atoms with Gasteiger partial charge in [-0.1, -0.05) is 13.8 Å². The van der Waals surface area contributed by atoms with Crippen LogP contribution in [0, 0.1) is 5.92 Å². The van der Waals surface area contributed by atoms with Gasteiger partial charge in [0.05, 0.1) is 32.5 Å². The van der Waals surface area contributed by atoms with E-state index in [-0.39, 0.29) is 18.0 Å². The molecule has 2 rings (SSSR count). The lowest BCUT2D eigenvalue weighted by molar-refractivity contribution is -0.141. The fraction of sp³-hybridized carbons (Fsp3) is 0.929. The monoisotopic (exact) mass is 270 g/mol. The van der Waals surface area contributed by atoms with Crippen LogP contribution < -0.4 is 5.32 Å². The first-order chi connectivity index (χ1) is 9.16. The van der Waals surface area contributed by atoms with Crippen molar-refractivity contribution < 1.29 is 14.3 Å². The standard InChI is InChI=1S/C14H26N2O3/c1-11(2)7-13-10-19-6-4-16(13)14(17)8-12-9-18-5-3-15-12/h11-13,15H,3-10H2,1-2H3. The van der Waals surface area contributed by atoms with Crippen LogP contribution in [0.15, 0.2) is 0 Å². The predicted molar refractivity (Wildman–Crippen MR) is 73.0 cm³/mol. The number of carbonyl (C=O) groups excluding carboxylic acids is 1. The largest absolute Gasteiger partial charge is 0.378 e. The number of rotatable bonds is 4. The van der Waals surface area contributed by atoms with Gasteiger partial charge < -0.3 is 19.7 Å².